The van der Waals surface area contributed by atoms with E-state index in [-0.39, 0.29) is 5.91 Å². The lowest BCUT2D eigenvalue weighted by atomic mass is 10.2. The van der Waals surface area contributed by atoms with Gasteiger partial charge in [-0.25, -0.2) is 4.98 Å². The first-order valence-corrected chi connectivity index (χ1v) is 9.90. The number of para-hydroxylation sites is 2. The van der Waals surface area contributed by atoms with E-state index >= 15 is 0 Å². The molecule has 0 fully saturated rings. The number of rotatable bonds is 4. The monoisotopic (exact) mass is 459 g/mol. The smallest absolute Gasteiger partial charge is 0.266 e. The zero-order chi connectivity index (χ0) is 20.5. The van der Waals surface area contributed by atoms with Gasteiger partial charge < -0.3 is 10.1 Å². The highest BCUT2D eigenvalue weighted by Gasteiger charge is 2.12. The highest BCUT2D eigenvalue weighted by molar-refractivity contribution is 9.10. The minimum absolute atomic E-state index is 0.183. The van der Waals surface area contributed by atoms with Crippen LogP contribution in [0, 0.1) is 0 Å². The summed E-state index contributed by atoms with van der Waals surface area (Å²) in [5.74, 6) is 0.750. The van der Waals surface area contributed by atoms with Crippen molar-refractivity contribution in [3.63, 3.8) is 0 Å². The van der Waals surface area contributed by atoms with Crippen molar-refractivity contribution in [3.8, 4) is 11.6 Å². The van der Waals surface area contributed by atoms with Crippen molar-refractivity contribution >= 4 is 44.2 Å². The number of nitrogens with zero attached hydrogens (tertiary/aromatic N) is 4. The van der Waals surface area contributed by atoms with Crippen LogP contribution in [0.3, 0.4) is 0 Å². The van der Waals surface area contributed by atoms with Crippen molar-refractivity contribution in [2.24, 2.45) is 0 Å². The van der Waals surface area contributed by atoms with Crippen LogP contribution < -0.4 is 10.1 Å². The third-order valence-corrected chi connectivity index (χ3v) is 5.06. The molecule has 30 heavy (non-hydrogen) atoms. The van der Waals surface area contributed by atoms with E-state index in [0.717, 1.165) is 15.5 Å². The third-order valence-electron chi connectivity index (χ3n) is 4.54. The van der Waals surface area contributed by atoms with Crippen molar-refractivity contribution in [1.29, 1.82) is 0 Å². The highest BCUT2D eigenvalue weighted by atomic mass is 79.9. The average Bonchev–Trinajstić information content (AvgIpc) is 3.26. The van der Waals surface area contributed by atoms with Crippen LogP contribution in [0.2, 0.25) is 0 Å². The SMILES string of the molecule is O=C(Nc1ccc(Oc2nc3ccccc3n3cnnc23)cc1)c1ccc(Br)cc1. The van der Waals surface area contributed by atoms with Crippen LogP contribution in [-0.4, -0.2) is 25.5 Å². The molecule has 7 nitrogen and oxygen atoms in total. The molecule has 0 bridgehead atoms. The number of aromatic nitrogens is 4. The average molecular weight is 460 g/mol. The van der Waals surface area contributed by atoms with Gasteiger partial charge in [0.25, 0.3) is 11.8 Å². The molecule has 0 atom stereocenters. The molecule has 0 radical (unpaired) electrons. The van der Waals surface area contributed by atoms with Gasteiger partial charge in [-0.05, 0) is 60.7 Å². The van der Waals surface area contributed by atoms with Crippen LogP contribution in [0.1, 0.15) is 10.4 Å². The number of ether oxygens (including phenoxy) is 1. The summed E-state index contributed by atoms with van der Waals surface area (Å²) >= 11 is 3.36. The van der Waals surface area contributed by atoms with E-state index in [4.69, 9.17) is 4.74 Å². The summed E-state index contributed by atoms with van der Waals surface area (Å²) in [6.07, 6.45) is 1.63. The second-order valence-corrected chi connectivity index (χ2v) is 7.43. The summed E-state index contributed by atoms with van der Waals surface area (Å²) in [5.41, 5.74) is 3.44. The summed E-state index contributed by atoms with van der Waals surface area (Å²) in [6, 6.07) is 21.9. The zero-order valence-corrected chi connectivity index (χ0v) is 17.1. The summed E-state index contributed by atoms with van der Waals surface area (Å²) in [4.78, 5) is 16.9. The number of hydrogen-bond acceptors (Lipinski definition) is 5. The Kier molecular flexibility index (Phi) is 4.61. The molecule has 0 aliphatic rings. The van der Waals surface area contributed by atoms with E-state index in [1.807, 2.05) is 40.8 Å². The number of halogens is 1. The number of benzene rings is 3. The normalized spacial score (nSPS) is 11.0. The Hall–Kier alpha value is -3.78. The Labute approximate surface area is 179 Å². The number of fused-ring (bicyclic) bond motifs is 3. The summed E-state index contributed by atoms with van der Waals surface area (Å²) in [7, 11) is 0. The fraction of sp³-hybridized carbons (Fsp3) is 0. The molecule has 2 heterocycles. The van der Waals surface area contributed by atoms with E-state index in [0.29, 0.717) is 28.5 Å². The number of hydrogen-bond donors (Lipinski definition) is 1. The van der Waals surface area contributed by atoms with Gasteiger partial charge in [-0.2, -0.15) is 0 Å². The van der Waals surface area contributed by atoms with Crippen LogP contribution in [0.4, 0.5) is 5.69 Å². The van der Waals surface area contributed by atoms with Crippen LogP contribution in [-0.2, 0) is 0 Å². The first kappa shape index (κ1) is 18.3. The zero-order valence-electron chi connectivity index (χ0n) is 15.5. The standard InChI is InChI=1S/C22H14BrN5O2/c23-15-7-5-14(6-8-15)21(29)25-16-9-11-17(12-10-16)30-22-20-27-24-13-28(20)19-4-2-1-3-18(19)26-22/h1-13H,(H,25,29). The maximum absolute atomic E-state index is 12.4. The summed E-state index contributed by atoms with van der Waals surface area (Å²) in [5, 5.41) is 11.0. The molecule has 0 aliphatic carbocycles. The highest BCUT2D eigenvalue weighted by Crippen LogP contribution is 2.27. The second kappa shape index (κ2) is 7.57. The third kappa shape index (κ3) is 3.48. The molecule has 0 spiro atoms. The van der Waals surface area contributed by atoms with Gasteiger partial charge in [-0.3, -0.25) is 9.20 Å². The minimum atomic E-state index is -0.183. The lowest BCUT2D eigenvalue weighted by Crippen LogP contribution is -2.11. The van der Waals surface area contributed by atoms with Gasteiger partial charge >= 0.3 is 0 Å². The predicted octanol–water partition coefficient (Wildman–Crippen LogP) is 5.08. The van der Waals surface area contributed by atoms with Gasteiger partial charge in [0, 0.05) is 15.7 Å². The van der Waals surface area contributed by atoms with Crippen molar-refractivity contribution in [2.45, 2.75) is 0 Å². The molecule has 146 valence electrons. The lowest BCUT2D eigenvalue weighted by molar-refractivity contribution is 0.102. The Morgan fingerprint density at radius 1 is 0.967 bits per heavy atom. The maximum Gasteiger partial charge on any atom is 0.266 e. The van der Waals surface area contributed by atoms with Crippen LogP contribution in [0.15, 0.2) is 83.6 Å². The Morgan fingerprint density at radius 2 is 1.73 bits per heavy atom. The molecular formula is C22H14BrN5O2. The molecule has 0 aliphatic heterocycles. The van der Waals surface area contributed by atoms with Gasteiger partial charge in [0.15, 0.2) is 0 Å². The van der Waals surface area contributed by atoms with E-state index in [1.165, 1.54) is 0 Å². The van der Waals surface area contributed by atoms with Gasteiger partial charge in [-0.1, -0.05) is 28.1 Å². The number of carbonyl (C=O) groups excluding carboxylic acids is 1. The fourth-order valence-corrected chi connectivity index (χ4v) is 3.33. The Bertz CT molecular complexity index is 1360. The van der Waals surface area contributed by atoms with E-state index in [9.17, 15) is 4.79 Å². The quantitative estimate of drug-likeness (QED) is 0.404. The molecule has 0 saturated heterocycles. The minimum Gasteiger partial charge on any atom is -0.436 e. The van der Waals surface area contributed by atoms with Crippen LogP contribution in [0.25, 0.3) is 16.7 Å². The molecule has 1 N–H and O–H groups in total. The van der Waals surface area contributed by atoms with Gasteiger partial charge in [0.1, 0.15) is 12.1 Å². The largest absolute Gasteiger partial charge is 0.436 e. The Balaban J connectivity index is 1.38. The van der Waals surface area contributed by atoms with Crippen LogP contribution in [0.5, 0.6) is 11.6 Å². The van der Waals surface area contributed by atoms with Crippen molar-refractivity contribution < 1.29 is 9.53 Å². The van der Waals surface area contributed by atoms with E-state index < -0.39 is 0 Å². The molecule has 2 aromatic heterocycles. The summed E-state index contributed by atoms with van der Waals surface area (Å²) in [6.45, 7) is 0. The molecule has 3 aromatic carbocycles. The first-order valence-electron chi connectivity index (χ1n) is 9.11. The summed E-state index contributed by atoms with van der Waals surface area (Å²) < 4.78 is 8.72. The topological polar surface area (TPSA) is 81.4 Å². The first-order chi connectivity index (χ1) is 14.7. The molecular weight excluding hydrogens is 446 g/mol. The van der Waals surface area contributed by atoms with Crippen LogP contribution >= 0.6 is 15.9 Å². The number of nitrogens with one attached hydrogen (secondary N) is 1. The molecule has 5 aromatic rings. The molecule has 0 saturated carbocycles. The predicted molar refractivity (Wildman–Crippen MR) is 117 cm³/mol. The lowest BCUT2D eigenvalue weighted by Gasteiger charge is -2.09. The number of carbonyl (C=O) groups is 1. The van der Waals surface area contributed by atoms with Crippen molar-refractivity contribution in [3.05, 3.63) is 89.2 Å². The van der Waals surface area contributed by atoms with Crippen molar-refractivity contribution in [1.82, 2.24) is 19.6 Å². The maximum atomic E-state index is 12.4. The van der Waals surface area contributed by atoms with Gasteiger partial charge in [-0.15, -0.1) is 10.2 Å². The van der Waals surface area contributed by atoms with Gasteiger partial charge in [0.05, 0.1) is 11.0 Å². The fourth-order valence-electron chi connectivity index (χ4n) is 3.07. The molecule has 8 heteroatoms. The second-order valence-electron chi connectivity index (χ2n) is 6.52. The molecule has 0 unspecified atom stereocenters. The van der Waals surface area contributed by atoms with E-state index in [2.05, 4.69) is 36.4 Å². The Morgan fingerprint density at radius 3 is 2.53 bits per heavy atom. The molecule has 5 rings (SSSR count). The van der Waals surface area contributed by atoms with E-state index in [1.54, 1.807) is 42.7 Å². The number of anilines is 1. The molecule has 1 amide bonds. The van der Waals surface area contributed by atoms with Gasteiger partial charge in [0.2, 0.25) is 5.65 Å². The number of amides is 1. The van der Waals surface area contributed by atoms with Crippen molar-refractivity contribution in [2.75, 3.05) is 5.32 Å².